The normalized spacial score (nSPS) is 17.4. The predicted molar refractivity (Wildman–Crippen MR) is 108 cm³/mol. The van der Waals surface area contributed by atoms with E-state index in [9.17, 15) is 17.6 Å². The maximum Gasteiger partial charge on any atom is 0.253 e. The third-order valence-corrected chi connectivity index (χ3v) is 6.13. The number of amides is 1. The van der Waals surface area contributed by atoms with Crippen LogP contribution in [0.4, 0.5) is 10.1 Å². The molecule has 0 aliphatic carbocycles. The monoisotopic (exact) mass is 404 g/mol. The number of halogens is 1. The van der Waals surface area contributed by atoms with Gasteiger partial charge in [-0.05, 0) is 60.7 Å². The Hall–Kier alpha value is -2.41. The molecular formula is C21H25FN2O3S. The van der Waals surface area contributed by atoms with Crippen LogP contribution in [0.2, 0.25) is 0 Å². The van der Waals surface area contributed by atoms with Gasteiger partial charge in [0.2, 0.25) is 10.0 Å². The lowest BCUT2D eigenvalue weighted by Gasteiger charge is -2.31. The molecule has 2 aromatic rings. The highest BCUT2D eigenvalue weighted by Crippen LogP contribution is 2.23. The Kier molecular flexibility index (Phi) is 6.03. The first-order valence-corrected chi connectivity index (χ1v) is 11.2. The van der Waals surface area contributed by atoms with Crippen LogP contribution in [0.1, 0.15) is 35.7 Å². The molecule has 5 nitrogen and oxygen atoms in total. The van der Waals surface area contributed by atoms with Gasteiger partial charge in [0.15, 0.2) is 0 Å². The van der Waals surface area contributed by atoms with Crippen LogP contribution in [0.25, 0.3) is 0 Å². The molecule has 0 aromatic heterocycles. The number of hydrogen-bond donors (Lipinski definition) is 0. The van der Waals surface area contributed by atoms with Crippen LogP contribution >= 0.6 is 0 Å². The van der Waals surface area contributed by atoms with E-state index in [1.165, 1.54) is 16.4 Å². The zero-order valence-electron chi connectivity index (χ0n) is 16.1. The van der Waals surface area contributed by atoms with Crippen LogP contribution in [0.5, 0.6) is 0 Å². The summed E-state index contributed by atoms with van der Waals surface area (Å²) in [5, 5.41) is 0. The van der Waals surface area contributed by atoms with Gasteiger partial charge in [0.05, 0.1) is 18.5 Å². The lowest BCUT2D eigenvalue weighted by Crippen LogP contribution is -2.39. The first kappa shape index (κ1) is 20.3. The number of nitrogens with zero attached hydrogens (tertiary/aromatic N) is 2. The number of rotatable bonds is 5. The first-order valence-electron chi connectivity index (χ1n) is 9.35. The average Bonchev–Trinajstić information content (AvgIpc) is 2.66. The molecule has 150 valence electrons. The van der Waals surface area contributed by atoms with Gasteiger partial charge in [0, 0.05) is 18.7 Å². The fourth-order valence-corrected chi connectivity index (χ4v) is 4.37. The van der Waals surface area contributed by atoms with Crippen molar-refractivity contribution in [3.63, 3.8) is 0 Å². The van der Waals surface area contributed by atoms with Gasteiger partial charge < -0.3 is 4.90 Å². The van der Waals surface area contributed by atoms with Crippen LogP contribution in [-0.2, 0) is 16.6 Å². The van der Waals surface area contributed by atoms with Crippen molar-refractivity contribution in [1.82, 2.24) is 4.90 Å². The van der Waals surface area contributed by atoms with Crippen LogP contribution in [0, 0.1) is 11.7 Å². The Morgan fingerprint density at radius 2 is 1.79 bits per heavy atom. The van der Waals surface area contributed by atoms with E-state index in [0.717, 1.165) is 32.2 Å². The van der Waals surface area contributed by atoms with Gasteiger partial charge in [0.1, 0.15) is 5.82 Å². The lowest BCUT2D eigenvalue weighted by molar-refractivity contribution is 0.0683. The number of hydrogen-bond acceptors (Lipinski definition) is 3. The van der Waals surface area contributed by atoms with Crippen molar-refractivity contribution in [1.29, 1.82) is 0 Å². The fraction of sp³-hybridized carbons (Fsp3) is 0.381. The molecule has 0 radical (unpaired) electrons. The van der Waals surface area contributed by atoms with Crippen LogP contribution in [-0.4, -0.2) is 38.6 Å². The quantitative estimate of drug-likeness (QED) is 0.764. The Bertz CT molecular complexity index is 927. The van der Waals surface area contributed by atoms with Crippen molar-refractivity contribution in [2.75, 3.05) is 23.7 Å². The van der Waals surface area contributed by atoms with Gasteiger partial charge in [-0.15, -0.1) is 0 Å². The number of carbonyl (C=O) groups excluding carboxylic acids is 1. The van der Waals surface area contributed by atoms with Crippen LogP contribution in [0.3, 0.4) is 0 Å². The van der Waals surface area contributed by atoms with Crippen molar-refractivity contribution < 1.29 is 17.6 Å². The van der Waals surface area contributed by atoms with Crippen LogP contribution in [0.15, 0.2) is 48.5 Å². The summed E-state index contributed by atoms with van der Waals surface area (Å²) in [6.45, 7) is 3.74. The van der Waals surface area contributed by atoms with Crippen molar-refractivity contribution in [3.05, 3.63) is 65.5 Å². The standard InChI is InChI=1S/C21H25FN2O3S/c1-16-4-3-13-23(14-16)21(25)18-7-11-20(12-8-18)24(28(2,26)27)15-17-5-9-19(22)10-6-17/h5-12,16H,3-4,13-15H2,1-2H3. The largest absolute Gasteiger partial charge is 0.338 e. The topological polar surface area (TPSA) is 57.7 Å². The van der Waals surface area contributed by atoms with Crippen LogP contribution < -0.4 is 4.31 Å². The van der Waals surface area contributed by atoms with Gasteiger partial charge in [0.25, 0.3) is 5.91 Å². The molecule has 1 aliphatic rings. The van der Waals surface area contributed by atoms with E-state index in [1.807, 2.05) is 4.90 Å². The highest BCUT2D eigenvalue weighted by atomic mass is 32.2. The number of carbonyl (C=O) groups is 1. The summed E-state index contributed by atoms with van der Waals surface area (Å²) in [7, 11) is -3.54. The van der Waals surface area contributed by atoms with E-state index < -0.39 is 10.0 Å². The summed E-state index contributed by atoms with van der Waals surface area (Å²) in [6.07, 6.45) is 3.27. The van der Waals surface area contributed by atoms with Gasteiger partial charge in [-0.1, -0.05) is 19.1 Å². The zero-order valence-corrected chi connectivity index (χ0v) is 17.0. The molecule has 1 unspecified atom stereocenters. The second-order valence-electron chi connectivity index (χ2n) is 7.44. The van der Waals surface area contributed by atoms with Gasteiger partial charge in [-0.2, -0.15) is 0 Å². The molecule has 1 atom stereocenters. The van der Waals surface area contributed by atoms with Crippen molar-refractivity contribution in [2.24, 2.45) is 5.92 Å². The number of anilines is 1. The number of likely N-dealkylation sites (tertiary alicyclic amines) is 1. The maximum atomic E-state index is 13.1. The Labute approximate surface area is 165 Å². The molecule has 0 bridgehead atoms. The SMILES string of the molecule is CC1CCCN(C(=O)c2ccc(N(Cc3ccc(F)cc3)S(C)(=O)=O)cc2)C1. The van der Waals surface area contributed by atoms with Crippen molar-refractivity contribution in [2.45, 2.75) is 26.3 Å². The summed E-state index contributed by atoms with van der Waals surface area (Å²) < 4.78 is 38.9. The molecule has 1 saturated heterocycles. The average molecular weight is 405 g/mol. The number of piperidine rings is 1. The Balaban J connectivity index is 1.80. The molecule has 0 N–H and O–H groups in total. The van der Waals surface area contributed by atoms with Crippen molar-refractivity contribution >= 4 is 21.6 Å². The summed E-state index contributed by atoms with van der Waals surface area (Å²) in [6, 6.07) is 12.3. The van der Waals surface area contributed by atoms with Gasteiger partial charge >= 0.3 is 0 Å². The van der Waals surface area contributed by atoms with E-state index in [1.54, 1.807) is 36.4 Å². The molecule has 3 rings (SSSR count). The van der Waals surface area contributed by atoms with E-state index in [-0.39, 0.29) is 18.3 Å². The van der Waals surface area contributed by atoms with E-state index in [2.05, 4.69) is 6.92 Å². The molecule has 0 spiro atoms. The maximum absolute atomic E-state index is 13.1. The highest BCUT2D eigenvalue weighted by molar-refractivity contribution is 7.92. The smallest absolute Gasteiger partial charge is 0.253 e. The molecular weight excluding hydrogens is 379 g/mol. The van der Waals surface area contributed by atoms with Crippen molar-refractivity contribution in [3.8, 4) is 0 Å². The highest BCUT2D eigenvalue weighted by Gasteiger charge is 2.23. The van der Waals surface area contributed by atoms with Gasteiger partial charge in [-0.25, -0.2) is 12.8 Å². The fourth-order valence-electron chi connectivity index (χ4n) is 3.48. The molecule has 1 aliphatic heterocycles. The molecule has 28 heavy (non-hydrogen) atoms. The summed E-state index contributed by atoms with van der Waals surface area (Å²) in [5.74, 6) is 0.0977. The Morgan fingerprint density at radius 1 is 1.14 bits per heavy atom. The van der Waals surface area contributed by atoms with Gasteiger partial charge in [-0.3, -0.25) is 9.10 Å². The molecule has 1 heterocycles. The first-order chi connectivity index (χ1) is 13.2. The second kappa shape index (κ2) is 8.31. The number of benzene rings is 2. The third-order valence-electron chi connectivity index (χ3n) is 4.99. The minimum atomic E-state index is -3.54. The Morgan fingerprint density at radius 3 is 2.36 bits per heavy atom. The lowest BCUT2D eigenvalue weighted by atomic mass is 9.99. The summed E-state index contributed by atoms with van der Waals surface area (Å²) in [5.41, 5.74) is 1.69. The van der Waals surface area contributed by atoms with E-state index in [4.69, 9.17) is 0 Å². The molecule has 1 fully saturated rings. The third kappa shape index (κ3) is 4.90. The zero-order chi connectivity index (χ0) is 20.3. The molecule has 1 amide bonds. The van der Waals surface area contributed by atoms with E-state index >= 15 is 0 Å². The molecule has 0 saturated carbocycles. The summed E-state index contributed by atoms with van der Waals surface area (Å²) >= 11 is 0. The molecule has 2 aromatic carbocycles. The minimum Gasteiger partial charge on any atom is -0.338 e. The second-order valence-corrected chi connectivity index (χ2v) is 9.35. The number of sulfonamides is 1. The minimum absolute atomic E-state index is 0.0254. The predicted octanol–water partition coefficient (Wildman–Crippen LogP) is 3.66. The van der Waals surface area contributed by atoms with E-state index in [0.29, 0.717) is 22.7 Å². The summed E-state index contributed by atoms with van der Waals surface area (Å²) in [4.78, 5) is 14.6. The molecule has 7 heteroatoms.